The first-order valence-electron chi connectivity index (χ1n) is 13.4. The number of piperazine rings is 1. The van der Waals surface area contributed by atoms with Crippen LogP contribution in [-0.4, -0.2) is 102 Å². The molecule has 1 amide bonds. The minimum atomic E-state index is -0.462. The van der Waals surface area contributed by atoms with Crippen molar-refractivity contribution < 1.29 is 9.18 Å². The van der Waals surface area contributed by atoms with Crippen LogP contribution in [0.15, 0.2) is 36.7 Å². The number of amides is 1. The SMILES string of the molecule is CN(C)CCCN1CCN(C/C=C/C(=O)N2CCc3c(sc4ncnc(Nc5ccc(F)c(Cl)c5)c34)C2)CC1. The molecule has 1 fully saturated rings. The monoisotopic (exact) mass is 571 g/mol. The molecule has 2 aliphatic heterocycles. The molecule has 5 rings (SSSR count). The lowest BCUT2D eigenvalue weighted by Crippen LogP contribution is -2.46. The molecule has 39 heavy (non-hydrogen) atoms. The van der Waals surface area contributed by atoms with Crippen LogP contribution >= 0.6 is 22.9 Å². The van der Waals surface area contributed by atoms with E-state index in [-0.39, 0.29) is 10.9 Å². The van der Waals surface area contributed by atoms with E-state index in [0.717, 1.165) is 67.3 Å². The van der Waals surface area contributed by atoms with Crippen LogP contribution in [0.3, 0.4) is 0 Å². The van der Waals surface area contributed by atoms with Crippen LogP contribution in [0.2, 0.25) is 5.02 Å². The van der Waals surface area contributed by atoms with Gasteiger partial charge in [-0.25, -0.2) is 14.4 Å². The average Bonchev–Trinajstić information content (AvgIpc) is 3.30. The molecule has 4 heterocycles. The predicted octanol–water partition coefficient (Wildman–Crippen LogP) is 4.24. The van der Waals surface area contributed by atoms with Crippen molar-refractivity contribution in [2.24, 2.45) is 0 Å². The molecule has 0 saturated carbocycles. The summed E-state index contributed by atoms with van der Waals surface area (Å²) in [7, 11) is 4.24. The molecule has 0 unspecified atom stereocenters. The lowest BCUT2D eigenvalue weighted by atomic mass is 10.0. The highest BCUT2D eigenvalue weighted by Crippen LogP contribution is 2.38. The zero-order valence-electron chi connectivity index (χ0n) is 22.5. The fourth-order valence-electron chi connectivity index (χ4n) is 5.14. The van der Waals surface area contributed by atoms with Crippen molar-refractivity contribution in [2.75, 3.05) is 71.8 Å². The number of nitrogens with zero attached hydrogens (tertiary/aromatic N) is 6. The summed E-state index contributed by atoms with van der Waals surface area (Å²) in [5.41, 5.74) is 1.83. The number of halogens is 2. The number of rotatable bonds is 9. The molecule has 0 radical (unpaired) electrons. The van der Waals surface area contributed by atoms with Gasteiger partial charge in [-0.05, 0) is 63.8 Å². The largest absolute Gasteiger partial charge is 0.340 e. The van der Waals surface area contributed by atoms with Gasteiger partial charge in [-0.2, -0.15) is 0 Å². The maximum Gasteiger partial charge on any atom is 0.246 e. The number of carbonyl (C=O) groups is 1. The lowest BCUT2D eigenvalue weighted by Gasteiger charge is -2.34. The standard InChI is InChI=1S/C28H35ClFN7OS/c1-34(2)9-4-11-36-15-13-35(14-16-36)10-3-5-25(38)37-12-8-21-24(18-37)39-28-26(21)27(31-19-32-28)33-20-6-7-23(30)22(29)17-20/h3,5-7,17,19H,4,8-16,18H2,1-2H3,(H,31,32,33)/b5-3+. The molecule has 1 saturated heterocycles. The summed E-state index contributed by atoms with van der Waals surface area (Å²) in [6.07, 6.45) is 7.19. The predicted molar refractivity (Wildman–Crippen MR) is 156 cm³/mol. The Morgan fingerprint density at radius 3 is 2.74 bits per heavy atom. The van der Waals surface area contributed by atoms with Gasteiger partial charge in [0.1, 0.15) is 22.8 Å². The third-order valence-electron chi connectivity index (χ3n) is 7.30. The third-order valence-corrected chi connectivity index (χ3v) is 8.71. The number of nitrogens with one attached hydrogen (secondary N) is 1. The smallest absolute Gasteiger partial charge is 0.246 e. The molecule has 3 aromatic rings. The van der Waals surface area contributed by atoms with Gasteiger partial charge in [0.25, 0.3) is 0 Å². The van der Waals surface area contributed by atoms with Gasteiger partial charge in [0.05, 0.1) is 17.0 Å². The van der Waals surface area contributed by atoms with Gasteiger partial charge in [-0.15, -0.1) is 11.3 Å². The summed E-state index contributed by atoms with van der Waals surface area (Å²) in [5.74, 6) is 0.249. The number of hydrogen-bond donors (Lipinski definition) is 1. The normalized spacial score (nSPS) is 16.9. The first kappa shape index (κ1) is 27.9. The van der Waals surface area contributed by atoms with E-state index in [1.54, 1.807) is 29.5 Å². The molecule has 1 N–H and O–H groups in total. The Labute approximate surface area is 238 Å². The molecular formula is C28H35ClFN7OS. The maximum absolute atomic E-state index is 13.6. The molecule has 0 bridgehead atoms. The van der Waals surface area contributed by atoms with Crippen LogP contribution in [0.1, 0.15) is 16.9 Å². The van der Waals surface area contributed by atoms with Crippen LogP contribution in [-0.2, 0) is 17.8 Å². The molecule has 11 heteroatoms. The number of thiophene rings is 1. The Morgan fingerprint density at radius 1 is 1.18 bits per heavy atom. The van der Waals surface area contributed by atoms with Crippen molar-refractivity contribution in [3.05, 3.63) is 58.0 Å². The number of hydrogen-bond acceptors (Lipinski definition) is 8. The zero-order valence-corrected chi connectivity index (χ0v) is 24.1. The van der Waals surface area contributed by atoms with Gasteiger partial charge in [-0.1, -0.05) is 17.7 Å². The number of anilines is 2. The van der Waals surface area contributed by atoms with Crippen molar-refractivity contribution in [3.8, 4) is 0 Å². The molecule has 8 nitrogen and oxygen atoms in total. The molecule has 208 valence electrons. The maximum atomic E-state index is 13.6. The van der Waals surface area contributed by atoms with Crippen LogP contribution in [0, 0.1) is 5.82 Å². The molecular weight excluding hydrogens is 537 g/mol. The first-order valence-corrected chi connectivity index (χ1v) is 14.6. The van der Waals surface area contributed by atoms with Gasteiger partial charge < -0.3 is 20.0 Å². The van der Waals surface area contributed by atoms with Crippen molar-refractivity contribution in [1.29, 1.82) is 0 Å². The summed E-state index contributed by atoms with van der Waals surface area (Å²) in [6, 6.07) is 4.51. The van der Waals surface area contributed by atoms with Crippen molar-refractivity contribution in [2.45, 2.75) is 19.4 Å². The van der Waals surface area contributed by atoms with Crippen LogP contribution in [0.4, 0.5) is 15.9 Å². The Morgan fingerprint density at radius 2 is 1.97 bits per heavy atom. The molecule has 1 aromatic carbocycles. The molecule has 2 aromatic heterocycles. The summed E-state index contributed by atoms with van der Waals surface area (Å²) >= 11 is 7.55. The average molecular weight is 572 g/mol. The van der Waals surface area contributed by atoms with Gasteiger partial charge in [-0.3, -0.25) is 9.69 Å². The van der Waals surface area contributed by atoms with E-state index in [1.165, 1.54) is 24.4 Å². The number of aromatic nitrogens is 2. The van der Waals surface area contributed by atoms with Crippen molar-refractivity contribution >= 4 is 50.6 Å². The minimum absolute atomic E-state index is 0.0471. The second kappa shape index (κ2) is 12.7. The van der Waals surface area contributed by atoms with E-state index >= 15 is 0 Å². The van der Waals surface area contributed by atoms with E-state index in [0.29, 0.717) is 24.6 Å². The molecule has 0 spiro atoms. The van der Waals surface area contributed by atoms with Crippen molar-refractivity contribution in [3.63, 3.8) is 0 Å². The van der Waals surface area contributed by atoms with E-state index < -0.39 is 5.82 Å². The van der Waals surface area contributed by atoms with Crippen LogP contribution < -0.4 is 5.32 Å². The Balaban J connectivity index is 1.16. The minimum Gasteiger partial charge on any atom is -0.340 e. The summed E-state index contributed by atoms with van der Waals surface area (Å²) in [5, 5.41) is 4.28. The van der Waals surface area contributed by atoms with E-state index in [2.05, 4.69) is 44.1 Å². The second-order valence-corrected chi connectivity index (χ2v) is 11.9. The lowest BCUT2D eigenvalue weighted by molar-refractivity contribution is -0.126. The Kier molecular flexibility index (Phi) is 9.09. The molecule has 0 atom stereocenters. The fourth-order valence-corrected chi connectivity index (χ4v) is 6.52. The van der Waals surface area contributed by atoms with Gasteiger partial charge in [0.2, 0.25) is 5.91 Å². The number of fused-ring (bicyclic) bond motifs is 3. The topological polar surface area (TPSA) is 67.8 Å². The number of benzene rings is 1. The van der Waals surface area contributed by atoms with Crippen LogP contribution in [0.25, 0.3) is 10.2 Å². The van der Waals surface area contributed by atoms with E-state index in [4.69, 9.17) is 11.6 Å². The Hall–Kier alpha value is -2.63. The van der Waals surface area contributed by atoms with Gasteiger partial charge >= 0.3 is 0 Å². The zero-order chi connectivity index (χ0) is 27.4. The first-order chi connectivity index (χ1) is 18.9. The van der Waals surface area contributed by atoms with Crippen LogP contribution in [0.5, 0.6) is 0 Å². The number of carbonyl (C=O) groups excluding carboxylic acids is 1. The summed E-state index contributed by atoms with van der Waals surface area (Å²) in [4.78, 5) is 33.0. The summed E-state index contributed by atoms with van der Waals surface area (Å²) < 4.78 is 13.6. The highest BCUT2D eigenvalue weighted by molar-refractivity contribution is 7.19. The van der Waals surface area contributed by atoms with E-state index in [9.17, 15) is 9.18 Å². The van der Waals surface area contributed by atoms with Gasteiger partial charge in [0, 0.05) is 55.9 Å². The second-order valence-electron chi connectivity index (χ2n) is 10.4. The third kappa shape index (κ3) is 6.93. The Bertz CT molecular complexity index is 1340. The fraction of sp³-hybridized carbons (Fsp3) is 0.464. The molecule has 0 aliphatic carbocycles. The van der Waals surface area contributed by atoms with Crippen molar-refractivity contribution in [1.82, 2.24) is 29.6 Å². The molecule has 2 aliphatic rings. The highest BCUT2D eigenvalue weighted by Gasteiger charge is 2.26. The van der Waals surface area contributed by atoms with Gasteiger partial charge in [0.15, 0.2) is 0 Å². The summed E-state index contributed by atoms with van der Waals surface area (Å²) in [6.45, 7) is 8.54. The quantitative estimate of drug-likeness (QED) is 0.385. The van der Waals surface area contributed by atoms with E-state index in [1.807, 2.05) is 11.0 Å². The highest BCUT2D eigenvalue weighted by atomic mass is 35.5.